The number of hydrogen-bond donors (Lipinski definition) is 1. The van der Waals surface area contributed by atoms with Crippen LogP contribution in [0.1, 0.15) is 22.7 Å². The number of nitrogens with two attached hydrogens (primary N) is 1. The van der Waals surface area contributed by atoms with Crippen LogP contribution in [0.5, 0.6) is 0 Å². The van der Waals surface area contributed by atoms with Gasteiger partial charge in [0.25, 0.3) is 0 Å². The Balaban J connectivity index is 2.21. The summed E-state index contributed by atoms with van der Waals surface area (Å²) < 4.78 is 26.7. The summed E-state index contributed by atoms with van der Waals surface area (Å²) >= 11 is 0. The molecule has 0 spiro atoms. The topological polar surface area (TPSA) is 26.0 Å². The van der Waals surface area contributed by atoms with Gasteiger partial charge < -0.3 is 5.73 Å². The molecule has 2 aromatic rings. The maximum absolute atomic E-state index is 13.6. The van der Waals surface area contributed by atoms with Crippen molar-refractivity contribution in [1.29, 1.82) is 0 Å². The molecule has 0 aliphatic carbocycles. The molecule has 0 saturated carbocycles. The zero-order valence-corrected chi connectivity index (χ0v) is 10.2. The Bertz CT molecular complexity index is 552. The molecule has 0 heterocycles. The van der Waals surface area contributed by atoms with E-state index < -0.39 is 6.04 Å². The molecule has 18 heavy (non-hydrogen) atoms. The second-order valence-corrected chi connectivity index (χ2v) is 4.47. The molecular weight excluding hydrogens is 232 g/mol. The van der Waals surface area contributed by atoms with Gasteiger partial charge in [-0.15, -0.1) is 0 Å². The molecule has 0 amide bonds. The predicted octanol–water partition coefficient (Wildman–Crippen LogP) is 3.52. The van der Waals surface area contributed by atoms with E-state index in [2.05, 4.69) is 0 Å². The molecule has 0 aromatic heterocycles. The zero-order valence-electron chi connectivity index (χ0n) is 10.2. The van der Waals surface area contributed by atoms with E-state index in [0.29, 0.717) is 12.0 Å². The minimum Gasteiger partial charge on any atom is -0.324 e. The second-order valence-electron chi connectivity index (χ2n) is 4.47. The zero-order chi connectivity index (χ0) is 13.1. The monoisotopic (exact) mass is 247 g/mol. The fraction of sp³-hybridized carbons (Fsp3) is 0.200. The van der Waals surface area contributed by atoms with Crippen LogP contribution >= 0.6 is 0 Å². The number of hydrogen-bond acceptors (Lipinski definition) is 1. The van der Waals surface area contributed by atoms with Crippen molar-refractivity contribution < 1.29 is 8.78 Å². The second kappa shape index (κ2) is 5.27. The van der Waals surface area contributed by atoms with Crippen LogP contribution in [0.4, 0.5) is 8.78 Å². The summed E-state index contributed by atoms with van der Waals surface area (Å²) in [6.07, 6.45) is 0.415. The molecule has 0 bridgehead atoms. The van der Waals surface area contributed by atoms with Crippen LogP contribution < -0.4 is 5.73 Å². The van der Waals surface area contributed by atoms with Crippen LogP contribution in [0.2, 0.25) is 0 Å². The molecule has 0 aliphatic rings. The lowest BCUT2D eigenvalue weighted by Crippen LogP contribution is -2.15. The third kappa shape index (κ3) is 2.93. The first-order valence-corrected chi connectivity index (χ1v) is 5.82. The van der Waals surface area contributed by atoms with Gasteiger partial charge >= 0.3 is 0 Å². The Labute approximate surface area is 105 Å². The van der Waals surface area contributed by atoms with Gasteiger partial charge in [0, 0.05) is 11.6 Å². The standard InChI is InChI=1S/C15H15F2N/c1-10-5-6-14(17)13(7-10)15(18)9-11-3-2-4-12(16)8-11/h2-8,15H,9,18H2,1H3. The van der Waals surface area contributed by atoms with Crippen LogP contribution in [0.3, 0.4) is 0 Å². The lowest BCUT2D eigenvalue weighted by atomic mass is 9.98. The van der Waals surface area contributed by atoms with Crippen molar-refractivity contribution in [2.75, 3.05) is 0 Å². The fourth-order valence-corrected chi connectivity index (χ4v) is 1.98. The maximum atomic E-state index is 13.6. The minimum absolute atomic E-state index is 0.301. The van der Waals surface area contributed by atoms with E-state index in [9.17, 15) is 8.78 Å². The number of benzene rings is 2. The molecule has 2 N–H and O–H groups in total. The van der Waals surface area contributed by atoms with E-state index in [1.807, 2.05) is 6.92 Å². The summed E-state index contributed by atoms with van der Waals surface area (Å²) in [5.74, 6) is -0.617. The molecule has 0 aliphatic heterocycles. The maximum Gasteiger partial charge on any atom is 0.128 e. The molecule has 0 radical (unpaired) electrons. The molecule has 94 valence electrons. The Morgan fingerprint density at radius 2 is 1.89 bits per heavy atom. The van der Waals surface area contributed by atoms with E-state index in [4.69, 9.17) is 5.73 Å². The van der Waals surface area contributed by atoms with Gasteiger partial charge in [-0.3, -0.25) is 0 Å². The van der Waals surface area contributed by atoms with E-state index in [0.717, 1.165) is 11.1 Å². The number of halogens is 2. The Morgan fingerprint density at radius 3 is 2.61 bits per heavy atom. The van der Waals surface area contributed by atoms with E-state index in [-0.39, 0.29) is 11.6 Å². The summed E-state index contributed by atoms with van der Waals surface area (Å²) in [5.41, 5.74) is 8.18. The Kier molecular flexibility index (Phi) is 3.72. The van der Waals surface area contributed by atoms with Crippen molar-refractivity contribution in [3.8, 4) is 0 Å². The van der Waals surface area contributed by atoms with Crippen LogP contribution in [0.15, 0.2) is 42.5 Å². The average molecular weight is 247 g/mol. The van der Waals surface area contributed by atoms with Crippen molar-refractivity contribution >= 4 is 0 Å². The van der Waals surface area contributed by atoms with Crippen LogP contribution in [-0.2, 0) is 6.42 Å². The van der Waals surface area contributed by atoms with Crippen LogP contribution in [0.25, 0.3) is 0 Å². The highest BCUT2D eigenvalue weighted by Gasteiger charge is 2.12. The molecule has 1 unspecified atom stereocenters. The lowest BCUT2D eigenvalue weighted by Gasteiger charge is -2.14. The van der Waals surface area contributed by atoms with Gasteiger partial charge in [0.15, 0.2) is 0 Å². The average Bonchev–Trinajstić information content (AvgIpc) is 2.32. The van der Waals surface area contributed by atoms with Crippen molar-refractivity contribution in [2.45, 2.75) is 19.4 Å². The number of aryl methyl sites for hydroxylation is 1. The quantitative estimate of drug-likeness (QED) is 0.882. The van der Waals surface area contributed by atoms with Gasteiger partial charge in [-0.25, -0.2) is 8.78 Å². The molecular formula is C15H15F2N. The summed E-state index contributed by atoms with van der Waals surface area (Å²) in [5, 5.41) is 0. The van der Waals surface area contributed by atoms with Crippen molar-refractivity contribution in [1.82, 2.24) is 0 Å². The van der Waals surface area contributed by atoms with Gasteiger partial charge in [-0.1, -0.05) is 29.8 Å². The highest BCUT2D eigenvalue weighted by atomic mass is 19.1. The summed E-state index contributed by atoms with van der Waals surface area (Å²) in [6.45, 7) is 1.89. The van der Waals surface area contributed by atoms with Gasteiger partial charge in [-0.2, -0.15) is 0 Å². The predicted molar refractivity (Wildman–Crippen MR) is 68.2 cm³/mol. The summed E-state index contributed by atoms with van der Waals surface area (Å²) in [6, 6.07) is 10.6. The van der Waals surface area contributed by atoms with Gasteiger partial charge in [0.2, 0.25) is 0 Å². The first kappa shape index (κ1) is 12.7. The van der Waals surface area contributed by atoms with Crippen molar-refractivity contribution in [3.63, 3.8) is 0 Å². The van der Waals surface area contributed by atoms with Crippen LogP contribution in [0, 0.1) is 18.6 Å². The van der Waals surface area contributed by atoms with E-state index in [1.165, 1.54) is 18.2 Å². The first-order valence-electron chi connectivity index (χ1n) is 5.82. The third-order valence-corrected chi connectivity index (χ3v) is 2.90. The SMILES string of the molecule is Cc1ccc(F)c(C(N)Cc2cccc(F)c2)c1. The van der Waals surface area contributed by atoms with Gasteiger partial charge in [0.1, 0.15) is 11.6 Å². The minimum atomic E-state index is -0.466. The first-order chi connectivity index (χ1) is 8.56. The summed E-state index contributed by atoms with van der Waals surface area (Å²) in [7, 11) is 0. The summed E-state index contributed by atoms with van der Waals surface area (Å²) in [4.78, 5) is 0. The van der Waals surface area contributed by atoms with Crippen LogP contribution in [-0.4, -0.2) is 0 Å². The van der Waals surface area contributed by atoms with Gasteiger partial charge in [-0.05, 0) is 37.1 Å². The molecule has 2 aromatic carbocycles. The van der Waals surface area contributed by atoms with E-state index in [1.54, 1.807) is 24.3 Å². The molecule has 2 rings (SSSR count). The Morgan fingerprint density at radius 1 is 1.11 bits per heavy atom. The fourth-order valence-electron chi connectivity index (χ4n) is 1.98. The molecule has 0 saturated heterocycles. The largest absolute Gasteiger partial charge is 0.324 e. The third-order valence-electron chi connectivity index (χ3n) is 2.90. The highest BCUT2D eigenvalue weighted by molar-refractivity contribution is 5.28. The molecule has 3 heteroatoms. The lowest BCUT2D eigenvalue weighted by molar-refractivity contribution is 0.578. The van der Waals surface area contributed by atoms with Crippen molar-refractivity contribution in [2.24, 2.45) is 5.73 Å². The molecule has 1 atom stereocenters. The van der Waals surface area contributed by atoms with E-state index >= 15 is 0 Å². The smallest absolute Gasteiger partial charge is 0.128 e. The molecule has 1 nitrogen and oxygen atoms in total. The molecule has 0 fully saturated rings. The Hall–Kier alpha value is -1.74. The number of rotatable bonds is 3. The highest BCUT2D eigenvalue weighted by Crippen LogP contribution is 2.20. The van der Waals surface area contributed by atoms with Gasteiger partial charge in [0.05, 0.1) is 0 Å². The van der Waals surface area contributed by atoms with Crippen molar-refractivity contribution in [3.05, 3.63) is 70.8 Å². The normalized spacial score (nSPS) is 12.4.